The Bertz CT molecular complexity index is 385. The third kappa shape index (κ3) is 12.9. The molecule has 2 N–H and O–H groups in total. The fraction of sp³-hybridized carbons (Fsp3) is 1.00. The molecule has 2 atom stereocenters. The smallest absolute Gasteiger partial charge is 0.328 e. The van der Waals surface area contributed by atoms with Crippen LogP contribution in [0, 0.1) is 0 Å². The molecule has 0 aliphatic rings. The minimum atomic E-state index is -4.18. The van der Waals surface area contributed by atoms with Crippen LogP contribution < -0.4 is 0 Å². The first-order valence-electron chi connectivity index (χ1n) is 7.07. The predicted octanol–water partition coefficient (Wildman–Crippen LogP) is 4.14. The maximum atomic E-state index is 11.9. The molecule has 0 rings (SSSR count). The lowest BCUT2D eigenvalue weighted by Crippen LogP contribution is -2.27. The van der Waals surface area contributed by atoms with Crippen LogP contribution in [-0.4, -0.2) is 33.2 Å². The number of hydrogen-bond donors (Lipinski definition) is 2. The molecule has 0 heterocycles. The first-order valence-corrected chi connectivity index (χ1v) is 9.69. The molecule has 0 saturated heterocycles. The quantitative estimate of drug-likeness (QED) is 0.628. The average Bonchev–Trinajstić information content (AvgIpc) is 2.06. The summed E-state index contributed by atoms with van der Waals surface area (Å²) in [5.74, 6) is 0. The van der Waals surface area contributed by atoms with E-state index in [-0.39, 0.29) is 13.0 Å². The SMILES string of the molecule is CC(C)(C)OP(O)OCCC(C)(C)OP(=O)(O)OC(C)(C)C. The highest BCUT2D eigenvalue weighted by atomic mass is 31.2. The van der Waals surface area contributed by atoms with Crippen LogP contribution in [0.1, 0.15) is 61.8 Å². The van der Waals surface area contributed by atoms with Crippen LogP contribution >= 0.6 is 16.4 Å². The molecular weight excluding hydrogens is 330 g/mol. The van der Waals surface area contributed by atoms with E-state index < -0.39 is 33.2 Å². The summed E-state index contributed by atoms with van der Waals surface area (Å²) in [7, 11) is -6.17. The molecule has 0 aliphatic heterocycles. The second kappa shape index (κ2) is 8.00. The van der Waals surface area contributed by atoms with E-state index in [4.69, 9.17) is 18.1 Å². The number of hydrogen-bond acceptors (Lipinski definition) is 6. The summed E-state index contributed by atoms with van der Waals surface area (Å²) in [4.78, 5) is 19.4. The zero-order valence-electron chi connectivity index (χ0n) is 14.7. The van der Waals surface area contributed by atoms with Crippen LogP contribution in [0.25, 0.3) is 0 Å². The van der Waals surface area contributed by atoms with E-state index in [2.05, 4.69) is 0 Å². The summed E-state index contributed by atoms with van der Waals surface area (Å²) in [5.41, 5.74) is -2.25. The molecule has 0 aromatic carbocycles. The average molecular weight is 360 g/mol. The zero-order chi connectivity index (χ0) is 17.8. The Hall–Kier alpha value is 0.420. The molecule has 9 heteroatoms. The second-order valence-corrected chi connectivity index (χ2v) is 9.77. The molecule has 0 spiro atoms. The van der Waals surface area contributed by atoms with Crippen molar-refractivity contribution in [3.05, 3.63) is 0 Å². The molecule has 2 unspecified atom stereocenters. The van der Waals surface area contributed by atoms with Crippen LogP contribution in [0.5, 0.6) is 0 Å². The predicted molar refractivity (Wildman–Crippen MR) is 86.4 cm³/mol. The summed E-state index contributed by atoms with van der Waals surface area (Å²) in [5, 5.41) is 0. The molecule has 0 fully saturated rings. The van der Waals surface area contributed by atoms with Crippen LogP contribution in [0.2, 0.25) is 0 Å². The van der Waals surface area contributed by atoms with Crippen molar-refractivity contribution in [2.75, 3.05) is 6.61 Å². The van der Waals surface area contributed by atoms with Gasteiger partial charge in [0.25, 0.3) is 0 Å². The number of phosphoric ester groups is 1. The van der Waals surface area contributed by atoms with E-state index in [0.29, 0.717) is 0 Å². The summed E-state index contributed by atoms with van der Waals surface area (Å²) >= 11 is 0. The van der Waals surface area contributed by atoms with Gasteiger partial charge in [0.05, 0.1) is 23.4 Å². The minimum Gasteiger partial charge on any atom is -0.328 e. The van der Waals surface area contributed by atoms with Crippen molar-refractivity contribution in [1.82, 2.24) is 0 Å². The number of phosphoric acid groups is 1. The third-order valence-electron chi connectivity index (χ3n) is 2.01. The summed E-state index contributed by atoms with van der Waals surface area (Å²) in [6.07, 6.45) is 0.290. The summed E-state index contributed by atoms with van der Waals surface area (Å²) < 4.78 is 32.6. The Morgan fingerprint density at radius 1 is 0.955 bits per heavy atom. The van der Waals surface area contributed by atoms with Crippen molar-refractivity contribution in [2.45, 2.75) is 78.6 Å². The molecule has 0 aromatic heterocycles. The van der Waals surface area contributed by atoms with Crippen molar-refractivity contribution < 1.29 is 32.4 Å². The molecule has 0 bridgehead atoms. The standard InChI is InChI=1S/C13H30O7P2/c1-11(2,3)18-21(14)17-10-9-13(7,8)20-22(15,16)19-12(4,5)6/h14H,9-10H2,1-8H3,(H,15,16). The van der Waals surface area contributed by atoms with E-state index >= 15 is 0 Å². The monoisotopic (exact) mass is 360 g/mol. The van der Waals surface area contributed by atoms with Crippen molar-refractivity contribution in [2.24, 2.45) is 0 Å². The first-order chi connectivity index (χ1) is 9.52. The lowest BCUT2D eigenvalue weighted by atomic mass is 10.1. The largest absolute Gasteiger partial charge is 0.473 e. The zero-order valence-corrected chi connectivity index (χ0v) is 16.5. The molecular formula is C13H30O7P2. The van der Waals surface area contributed by atoms with Crippen molar-refractivity contribution in [1.29, 1.82) is 0 Å². The van der Waals surface area contributed by atoms with Gasteiger partial charge in [-0.05, 0) is 55.4 Å². The molecule has 22 heavy (non-hydrogen) atoms. The second-order valence-electron chi connectivity index (χ2n) is 7.55. The van der Waals surface area contributed by atoms with Crippen LogP contribution in [-0.2, 0) is 22.7 Å². The van der Waals surface area contributed by atoms with Gasteiger partial charge < -0.3 is 18.8 Å². The van der Waals surface area contributed by atoms with Crippen LogP contribution in [0.3, 0.4) is 0 Å². The van der Waals surface area contributed by atoms with Gasteiger partial charge in [0.1, 0.15) is 0 Å². The van der Waals surface area contributed by atoms with Gasteiger partial charge in [0.2, 0.25) is 0 Å². The van der Waals surface area contributed by atoms with E-state index in [9.17, 15) is 14.4 Å². The van der Waals surface area contributed by atoms with Gasteiger partial charge >= 0.3 is 16.4 Å². The normalized spacial score (nSPS) is 18.1. The Labute approximate surface area is 134 Å². The van der Waals surface area contributed by atoms with E-state index in [1.54, 1.807) is 55.4 Å². The molecule has 0 aromatic rings. The fourth-order valence-electron chi connectivity index (χ4n) is 1.35. The first kappa shape index (κ1) is 22.4. The highest BCUT2D eigenvalue weighted by Crippen LogP contribution is 2.51. The third-order valence-corrected chi connectivity index (χ3v) is 4.62. The van der Waals surface area contributed by atoms with Gasteiger partial charge in [-0.2, -0.15) is 0 Å². The lowest BCUT2D eigenvalue weighted by molar-refractivity contribution is 0.000136. The van der Waals surface area contributed by atoms with E-state index in [1.165, 1.54) is 0 Å². The van der Waals surface area contributed by atoms with E-state index in [0.717, 1.165) is 0 Å². The van der Waals surface area contributed by atoms with Gasteiger partial charge in [0.15, 0.2) is 0 Å². The lowest BCUT2D eigenvalue weighted by Gasteiger charge is -2.30. The topological polar surface area (TPSA) is 94.5 Å². The Balaban J connectivity index is 4.33. The molecule has 0 radical (unpaired) electrons. The van der Waals surface area contributed by atoms with Gasteiger partial charge in [-0.25, -0.2) is 4.57 Å². The maximum Gasteiger partial charge on any atom is 0.473 e. The van der Waals surface area contributed by atoms with Gasteiger partial charge in [-0.3, -0.25) is 9.05 Å². The summed E-state index contributed by atoms with van der Waals surface area (Å²) in [6.45, 7) is 13.8. The van der Waals surface area contributed by atoms with Crippen molar-refractivity contribution in [3.8, 4) is 0 Å². The molecule has 0 amide bonds. The highest BCUT2D eigenvalue weighted by molar-refractivity contribution is 7.47. The molecule has 0 aliphatic carbocycles. The van der Waals surface area contributed by atoms with Gasteiger partial charge in [-0.1, -0.05) is 0 Å². The highest BCUT2D eigenvalue weighted by Gasteiger charge is 2.35. The Morgan fingerprint density at radius 2 is 1.45 bits per heavy atom. The van der Waals surface area contributed by atoms with Crippen molar-refractivity contribution >= 4 is 16.4 Å². The molecule has 0 saturated carbocycles. The summed E-state index contributed by atoms with van der Waals surface area (Å²) in [6, 6.07) is 0. The van der Waals surface area contributed by atoms with Crippen molar-refractivity contribution in [3.63, 3.8) is 0 Å². The fourth-order valence-corrected chi connectivity index (χ4v) is 3.57. The maximum absolute atomic E-state index is 11.9. The van der Waals surface area contributed by atoms with Gasteiger partial charge in [-0.15, -0.1) is 0 Å². The minimum absolute atomic E-state index is 0.126. The van der Waals surface area contributed by atoms with Gasteiger partial charge in [0, 0.05) is 6.42 Å². The molecule has 134 valence electrons. The van der Waals surface area contributed by atoms with Crippen LogP contribution in [0.15, 0.2) is 0 Å². The molecule has 7 nitrogen and oxygen atoms in total. The van der Waals surface area contributed by atoms with E-state index in [1.807, 2.05) is 0 Å². The number of rotatable bonds is 8. The Kier molecular flexibility index (Phi) is 8.15. The Morgan fingerprint density at radius 3 is 1.86 bits per heavy atom. The van der Waals surface area contributed by atoms with Crippen LogP contribution in [0.4, 0.5) is 0 Å².